The van der Waals surface area contributed by atoms with Crippen LogP contribution in [0.15, 0.2) is 46.9 Å². The monoisotopic (exact) mass is 376 g/mol. The first-order valence-electron chi connectivity index (χ1n) is 7.37. The summed E-state index contributed by atoms with van der Waals surface area (Å²) in [5, 5.41) is 21.3. The molecule has 2 aromatic rings. The zero-order valence-corrected chi connectivity index (χ0v) is 14.2. The van der Waals surface area contributed by atoms with Crippen molar-refractivity contribution in [1.82, 2.24) is 4.90 Å². The van der Waals surface area contributed by atoms with Crippen LogP contribution >= 0.6 is 15.9 Å². The maximum Gasteiger partial charge on any atom is 0.269 e. The van der Waals surface area contributed by atoms with Crippen LogP contribution in [0.1, 0.15) is 23.0 Å². The predicted molar refractivity (Wildman–Crippen MR) is 91.9 cm³/mol. The zero-order valence-electron chi connectivity index (χ0n) is 12.6. The molecule has 1 saturated heterocycles. The zero-order chi connectivity index (χ0) is 16.6. The highest BCUT2D eigenvalue weighted by atomic mass is 79.9. The van der Waals surface area contributed by atoms with E-state index in [4.69, 9.17) is 0 Å². The summed E-state index contributed by atoms with van der Waals surface area (Å²) in [4.78, 5) is 12.8. The SMILES string of the molecule is CN1C[C@H](c2cc([N+](=O)[O-])ccc2O)[C@@H](c2ccccc2Br)C1. The Morgan fingerprint density at radius 3 is 2.48 bits per heavy atom. The molecule has 1 N–H and O–H groups in total. The van der Waals surface area contributed by atoms with E-state index in [1.54, 1.807) is 0 Å². The lowest BCUT2D eigenvalue weighted by Gasteiger charge is -2.21. The van der Waals surface area contributed by atoms with Gasteiger partial charge in [-0.05, 0) is 24.7 Å². The molecule has 2 aromatic carbocycles. The van der Waals surface area contributed by atoms with Gasteiger partial charge in [-0.25, -0.2) is 0 Å². The Hall–Kier alpha value is -1.92. The van der Waals surface area contributed by atoms with E-state index in [9.17, 15) is 15.2 Å². The number of nitro groups is 1. The molecule has 0 unspecified atom stereocenters. The lowest BCUT2D eigenvalue weighted by atomic mass is 9.83. The van der Waals surface area contributed by atoms with Crippen molar-refractivity contribution in [2.45, 2.75) is 11.8 Å². The fourth-order valence-corrected chi connectivity index (χ4v) is 3.94. The molecule has 1 heterocycles. The Labute approximate surface area is 142 Å². The van der Waals surface area contributed by atoms with Crippen molar-refractivity contribution in [2.75, 3.05) is 20.1 Å². The minimum Gasteiger partial charge on any atom is -0.508 e. The first-order valence-corrected chi connectivity index (χ1v) is 8.17. The second-order valence-corrected chi connectivity index (χ2v) is 6.81. The van der Waals surface area contributed by atoms with Gasteiger partial charge in [0, 0.05) is 47.1 Å². The van der Waals surface area contributed by atoms with Gasteiger partial charge in [-0.1, -0.05) is 34.1 Å². The number of nitro benzene ring substituents is 1. The van der Waals surface area contributed by atoms with Crippen molar-refractivity contribution in [3.05, 3.63) is 68.2 Å². The van der Waals surface area contributed by atoms with E-state index in [-0.39, 0.29) is 23.3 Å². The molecule has 1 aliphatic heterocycles. The molecule has 6 heteroatoms. The Bertz CT molecular complexity index is 750. The van der Waals surface area contributed by atoms with Crippen molar-refractivity contribution >= 4 is 21.6 Å². The Balaban J connectivity index is 2.05. The number of benzene rings is 2. The normalized spacial score (nSPS) is 21.5. The van der Waals surface area contributed by atoms with Crippen LogP contribution in [0.3, 0.4) is 0 Å². The van der Waals surface area contributed by atoms with Gasteiger partial charge in [0.1, 0.15) is 5.75 Å². The summed E-state index contributed by atoms with van der Waals surface area (Å²) < 4.78 is 1.02. The van der Waals surface area contributed by atoms with Gasteiger partial charge in [0.2, 0.25) is 0 Å². The molecule has 120 valence electrons. The summed E-state index contributed by atoms with van der Waals surface area (Å²) in [6.45, 7) is 1.59. The van der Waals surface area contributed by atoms with Crippen molar-refractivity contribution in [3.63, 3.8) is 0 Å². The summed E-state index contributed by atoms with van der Waals surface area (Å²) in [5.74, 6) is 0.301. The molecule has 5 nitrogen and oxygen atoms in total. The molecule has 23 heavy (non-hydrogen) atoms. The fourth-order valence-electron chi connectivity index (χ4n) is 3.36. The Kier molecular flexibility index (Phi) is 4.37. The number of hydrogen-bond donors (Lipinski definition) is 1. The molecule has 2 atom stereocenters. The van der Waals surface area contributed by atoms with Gasteiger partial charge in [0.15, 0.2) is 0 Å². The standard InChI is InChI=1S/C17H17BrN2O3/c1-19-9-14(12-4-2-3-5-16(12)18)15(10-19)13-8-11(20(22)23)6-7-17(13)21/h2-8,14-15,21H,9-10H2,1H3/t14-,15-/m1/s1. The smallest absolute Gasteiger partial charge is 0.269 e. The van der Waals surface area contributed by atoms with Crippen molar-refractivity contribution < 1.29 is 10.0 Å². The summed E-state index contributed by atoms with van der Waals surface area (Å²) >= 11 is 3.59. The lowest BCUT2D eigenvalue weighted by Crippen LogP contribution is -2.13. The number of phenolic OH excluding ortho intramolecular Hbond substituents is 1. The molecule has 0 spiro atoms. The highest BCUT2D eigenvalue weighted by Crippen LogP contribution is 2.44. The molecular weight excluding hydrogens is 360 g/mol. The number of phenols is 1. The summed E-state index contributed by atoms with van der Waals surface area (Å²) in [6.07, 6.45) is 0. The van der Waals surface area contributed by atoms with Crippen molar-refractivity contribution in [2.24, 2.45) is 0 Å². The highest BCUT2D eigenvalue weighted by Gasteiger charge is 2.36. The van der Waals surface area contributed by atoms with Gasteiger partial charge in [-0.2, -0.15) is 0 Å². The number of non-ortho nitro benzene ring substituents is 1. The van der Waals surface area contributed by atoms with Gasteiger partial charge in [0.05, 0.1) is 4.92 Å². The minimum absolute atomic E-state index is 0.0123. The van der Waals surface area contributed by atoms with E-state index >= 15 is 0 Å². The number of aromatic hydroxyl groups is 1. The van der Waals surface area contributed by atoms with Crippen LogP contribution < -0.4 is 0 Å². The largest absolute Gasteiger partial charge is 0.508 e. The van der Waals surface area contributed by atoms with Gasteiger partial charge in [-0.15, -0.1) is 0 Å². The van der Waals surface area contributed by atoms with Crippen LogP contribution in [0.5, 0.6) is 5.75 Å². The molecule has 1 fully saturated rings. The van der Waals surface area contributed by atoms with Crippen LogP contribution in [0.2, 0.25) is 0 Å². The molecule has 0 saturated carbocycles. The topological polar surface area (TPSA) is 66.6 Å². The average Bonchev–Trinajstić information content (AvgIpc) is 2.89. The van der Waals surface area contributed by atoms with E-state index in [1.807, 2.05) is 25.2 Å². The average molecular weight is 377 g/mol. The van der Waals surface area contributed by atoms with Crippen LogP contribution in [-0.2, 0) is 0 Å². The van der Waals surface area contributed by atoms with Gasteiger partial charge in [0.25, 0.3) is 5.69 Å². The molecule has 0 bridgehead atoms. The number of likely N-dealkylation sites (N-methyl/N-ethyl adjacent to an activating group) is 1. The molecule has 0 radical (unpaired) electrons. The predicted octanol–water partition coefficient (Wildman–Crippen LogP) is 3.88. The van der Waals surface area contributed by atoms with E-state index < -0.39 is 4.92 Å². The fraction of sp³-hybridized carbons (Fsp3) is 0.294. The third-order valence-corrected chi connectivity index (χ3v) is 5.15. The number of hydrogen-bond acceptors (Lipinski definition) is 4. The van der Waals surface area contributed by atoms with E-state index in [0.717, 1.165) is 23.1 Å². The second kappa shape index (κ2) is 6.29. The molecule has 3 rings (SSSR count). The first-order chi connectivity index (χ1) is 11.0. The summed E-state index contributed by atoms with van der Waals surface area (Å²) in [7, 11) is 2.03. The van der Waals surface area contributed by atoms with E-state index in [1.165, 1.54) is 18.2 Å². The highest BCUT2D eigenvalue weighted by molar-refractivity contribution is 9.10. The molecule has 0 aliphatic carbocycles. The van der Waals surface area contributed by atoms with Gasteiger partial charge >= 0.3 is 0 Å². The molecular formula is C17H17BrN2O3. The Morgan fingerprint density at radius 1 is 1.17 bits per heavy atom. The number of halogens is 1. The molecule has 0 aromatic heterocycles. The Morgan fingerprint density at radius 2 is 1.83 bits per heavy atom. The third kappa shape index (κ3) is 3.09. The maximum absolute atomic E-state index is 11.1. The maximum atomic E-state index is 11.1. The van der Waals surface area contributed by atoms with Crippen LogP contribution in [0, 0.1) is 10.1 Å². The van der Waals surface area contributed by atoms with E-state index in [2.05, 4.69) is 26.9 Å². The third-order valence-electron chi connectivity index (χ3n) is 4.43. The quantitative estimate of drug-likeness (QED) is 0.651. The number of likely N-dealkylation sites (tertiary alicyclic amines) is 1. The van der Waals surface area contributed by atoms with Gasteiger partial charge in [-0.3, -0.25) is 10.1 Å². The van der Waals surface area contributed by atoms with Gasteiger partial charge < -0.3 is 10.0 Å². The van der Waals surface area contributed by atoms with Crippen molar-refractivity contribution in [3.8, 4) is 5.75 Å². The van der Waals surface area contributed by atoms with Crippen LogP contribution in [0.4, 0.5) is 5.69 Å². The summed E-state index contributed by atoms with van der Waals surface area (Å²) in [5.41, 5.74) is 1.82. The number of rotatable bonds is 3. The van der Waals surface area contributed by atoms with Crippen LogP contribution in [0.25, 0.3) is 0 Å². The van der Waals surface area contributed by atoms with Crippen LogP contribution in [-0.4, -0.2) is 35.1 Å². The van der Waals surface area contributed by atoms with Crippen molar-refractivity contribution in [1.29, 1.82) is 0 Å². The second-order valence-electron chi connectivity index (χ2n) is 5.96. The lowest BCUT2D eigenvalue weighted by molar-refractivity contribution is -0.385. The summed E-state index contributed by atoms with van der Waals surface area (Å²) in [6, 6.07) is 12.3. The van der Waals surface area contributed by atoms with E-state index in [0.29, 0.717) is 5.56 Å². The molecule has 1 aliphatic rings. The number of nitrogens with zero attached hydrogens (tertiary/aromatic N) is 2. The molecule has 0 amide bonds. The first kappa shape index (κ1) is 16.0. The minimum atomic E-state index is -0.422.